The third-order valence-electron chi connectivity index (χ3n) is 11.1. The van der Waals surface area contributed by atoms with Crippen LogP contribution in [-0.4, -0.2) is 4.57 Å². The summed E-state index contributed by atoms with van der Waals surface area (Å²) in [7, 11) is 0. The van der Waals surface area contributed by atoms with Crippen LogP contribution in [0, 0.1) is 0 Å². The van der Waals surface area contributed by atoms with Gasteiger partial charge < -0.3 is 9.47 Å². The molecule has 1 heterocycles. The number of nitrogens with zero attached hydrogens (tertiary/aromatic N) is 2. The Labute approximate surface area is 313 Å². The fourth-order valence-corrected chi connectivity index (χ4v) is 8.68. The standard InChI is InChI=1S/C52H34N2/c1-2-15-39(16-3-1)53(50-24-12-22-48-44-18-7-6-17-42(44)43-19-8-9-21-47(43)52(48)50)41-31-32-46-45-20-10-11-23-49(45)54(51(46)34-41)40-29-27-36(28-30-40)38-26-25-35-13-4-5-14-37(35)33-38/h1-34H. The lowest BCUT2D eigenvalue weighted by atomic mass is 9.93. The second-order valence-electron chi connectivity index (χ2n) is 14.1. The molecule has 0 bridgehead atoms. The number of benzene rings is 10. The maximum atomic E-state index is 2.44. The first-order chi connectivity index (χ1) is 26.8. The Morgan fingerprint density at radius 3 is 1.65 bits per heavy atom. The number of anilines is 3. The topological polar surface area (TPSA) is 8.17 Å². The number of fused-ring (bicyclic) bond motifs is 10. The first-order valence-electron chi connectivity index (χ1n) is 18.6. The molecule has 0 aliphatic rings. The average Bonchev–Trinajstić information content (AvgIpc) is 3.58. The van der Waals surface area contributed by atoms with Crippen molar-refractivity contribution in [3.8, 4) is 16.8 Å². The van der Waals surface area contributed by atoms with Gasteiger partial charge in [0, 0.05) is 33.2 Å². The second kappa shape index (κ2) is 12.2. The minimum atomic E-state index is 1.11. The lowest BCUT2D eigenvalue weighted by Gasteiger charge is -2.28. The molecule has 2 heteroatoms. The molecule has 0 fully saturated rings. The van der Waals surface area contributed by atoms with Gasteiger partial charge in [0.1, 0.15) is 0 Å². The number of para-hydroxylation sites is 2. The minimum Gasteiger partial charge on any atom is -0.310 e. The van der Waals surface area contributed by atoms with Crippen LogP contribution in [0.2, 0.25) is 0 Å². The molecule has 11 rings (SSSR count). The fourth-order valence-electron chi connectivity index (χ4n) is 8.68. The Balaban J connectivity index is 1.14. The van der Waals surface area contributed by atoms with Crippen LogP contribution in [0.25, 0.3) is 81.7 Å². The summed E-state index contributed by atoms with van der Waals surface area (Å²) in [6, 6.07) is 75.3. The van der Waals surface area contributed by atoms with E-state index < -0.39 is 0 Å². The number of hydrogen-bond acceptors (Lipinski definition) is 1. The van der Waals surface area contributed by atoms with Crippen LogP contribution in [-0.2, 0) is 0 Å². The predicted octanol–water partition coefficient (Wildman–Crippen LogP) is 14.5. The zero-order valence-corrected chi connectivity index (χ0v) is 29.5. The van der Waals surface area contributed by atoms with Gasteiger partial charge in [-0.15, -0.1) is 0 Å². The summed E-state index contributed by atoms with van der Waals surface area (Å²) in [6.45, 7) is 0. The maximum Gasteiger partial charge on any atom is 0.0561 e. The van der Waals surface area contributed by atoms with Gasteiger partial charge in [-0.25, -0.2) is 0 Å². The van der Waals surface area contributed by atoms with Crippen LogP contribution in [0.1, 0.15) is 0 Å². The van der Waals surface area contributed by atoms with Gasteiger partial charge in [-0.2, -0.15) is 0 Å². The van der Waals surface area contributed by atoms with Crippen molar-refractivity contribution in [1.82, 2.24) is 4.57 Å². The highest BCUT2D eigenvalue weighted by atomic mass is 15.1. The van der Waals surface area contributed by atoms with Gasteiger partial charge in [0.15, 0.2) is 0 Å². The van der Waals surface area contributed by atoms with E-state index in [2.05, 4.69) is 216 Å². The molecule has 0 radical (unpaired) electrons. The van der Waals surface area contributed by atoms with Gasteiger partial charge in [0.2, 0.25) is 0 Å². The van der Waals surface area contributed by atoms with Gasteiger partial charge in [0.25, 0.3) is 0 Å². The quantitative estimate of drug-likeness (QED) is 0.164. The highest BCUT2D eigenvalue weighted by molar-refractivity contribution is 6.28. The smallest absolute Gasteiger partial charge is 0.0561 e. The highest BCUT2D eigenvalue weighted by Crippen LogP contribution is 2.46. The van der Waals surface area contributed by atoms with E-state index in [9.17, 15) is 0 Å². The van der Waals surface area contributed by atoms with Gasteiger partial charge in [-0.3, -0.25) is 0 Å². The molecular formula is C52H34N2. The summed E-state index contributed by atoms with van der Waals surface area (Å²) >= 11 is 0. The van der Waals surface area contributed by atoms with E-state index in [1.165, 1.54) is 76.0 Å². The van der Waals surface area contributed by atoms with Crippen molar-refractivity contribution in [3.05, 3.63) is 206 Å². The third-order valence-corrected chi connectivity index (χ3v) is 11.1. The van der Waals surface area contributed by atoms with Crippen LogP contribution in [0.3, 0.4) is 0 Å². The summed E-state index contributed by atoms with van der Waals surface area (Å²) in [5.74, 6) is 0. The monoisotopic (exact) mass is 686 g/mol. The molecule has 0 N–H and O–H groups in total. The maximum absolute atomic E-state index is 2.44. The molecule has 10 aromatic carbocycles. The van der Waals surface area contributed by atoms with Crippen molar-refractivity contribution in [3.63, 3.8) is 0 Å². The summed E-state index contributed by atoms with van der Waals surface area (Å²) in [6.07, 6.45) is 0. The van der Waals surface area contributed by atoms with E-state index in [1.54, 1.807) is 0 Å². The van der Waals surface area contributed by atoms with Crippen molar-refractivity contribution in [2.24, 2.45) is 0 Å². The summed E-state index contributed by atoms with van der Waals surface area (Å²) in [4.78, 5) is 2.44. The van der Waals surface area contributed by atoms with E-state index >= 15 is 0 Å². The molecule has 54 heavy (non-hydrogen) atoms. The molecular weight excluding hydrogens is 653 g/mol. The Morgan fingerprint density at radius 2 is 0.889 bits per heavy atom. The third kappa shape index (κ3) is 4.74. The van der Waals surface area contributed by atoms with Crippen LogP contribution in [0.15, 0.2) is 206 Å². The van der Waals surface area contributed by atoms with E-state index in [0.717, 1.165) is 22.7 Å². The summed E-state index contributed by atoms with van der Waals surface area (Å²) in [5.41, 5.74) is 9.30. The second-order valence-corrected chi connectivity index (χ2v) is 14.1. The molecule has 0 aliphatic carbocycles. The van der Waals surface area contributed by atoms with Crippen molar-refractivity contribution in [1.29, 1.82) is 0 Å². The van der Waals surface area contributed by atoms with Gasteiger partial charge in [-0.05, 0) is 103 Å². The minimum absolute atomic E-state index is 1.11. The van der Waals surface area contributed by atoms with E-state index in [0.29, 0.717) is 0 Å². The van der Waals surface area contributed by atoms with Crippen molar-refractivity contribution < 1.29 is 0 Å². The van der Waals surface area contributed by atoms with Crippen molar-refractivity contribution in [2.75, 3.05) is 4.90 Å². The molecule has 2 nitrogen and oxygen atoms in total. The van der Waals surface area contributed by atoms with Gasteiger partial charge in [-0.1, -0.05) is 152 Å². The number of rotatable bonds is 5. The number of aromatic nitrogens is 1. The molecule has 11 aromatic rings. The SMILES string of the molecule is c1ccc(N(c2ccc3c4ccccc4n(-c4ccc(-c5ccc6ccccc6c5)cc4)c3c2)c2cccc3c4ccccc4c4ccccc4c23)cc1. The zero-order valence-electron chi connectivity index (χ0n) is 29.5. The lowest BCUT2D eigenvalue weighted by Crippen LogP contribution is -2.10. The Kier molecular flexibility index (Phi) is 6.90. The molecule has 0 amide bonds. The lowest BCUT2D eigenvalue weighted by molar-refractivity contribution is 1.18. The Morgan fingerprint density at radius 1 is 0.315 bits per heavy atom. The van der Waals surface area contributed by atoms with Crippen LogP contribution >= 0.6 is 0 Å². The normalized spacial score (nSPS) is 11.7. The van der Waals surface area contributed by atoms with Crippen LogP contribution < -0.4 is 4.90 Å². The molecule has 0 unspecified atom stereocenters. The molecule has 0 spiro atoms. The molecule has 0 aliphatic heterocycles. The van der Waals surface area contributed by atoms with Crippen LogP contribution in [0.4, 0.5) is 17.1 Å². The molecule has 0 saturated heterocycles. The zero-order chi connectivity index (χ0) is 35.6. The Bertz CT molecular complexity index is 3160. The molecule has 1 aromatic heterocycles. The summed E-state index contributed by atoms with van der Waals surface area (Å²) < 4.78 is 2.42. The van der Waals surface area contributed by atoms with E-state index in [1.807, 2.05) is 0 Å². The van der Waals surface area contributed by atoms with Crippen LogP contribution in [0.5, 0.6) is 0 Å². The van der Waals surface area contributed by atoms with E-state index in [-0.39, 0.29) is 0 Å². The Hall–Kier alpha value is -7.16. The first-order valence-corrected chi connectivity index (χ1v) is 18.6. The number of hydrogen-bond donors (Lipinski definition) is 0. The summed E-state index contributed by atoms with van der Waals surface area (Å²) in [5, 5.41) is 12.6. The molecule has 0 saturated carbocycles. The van der Waals surface area contributed by atoms with Gasteiger partial charge >= 0.3 is 0 Å². The molecule has 252 valence electrons. The van der Waals surface area contributed by atoms with E-state index in [4.69, 9.17) is 0 Å². The average molecular weight is 687 g/mol. The largest absolute Gasteiger partial charge is 0.310 e. The highest BCUT2D eigenvalue weighted by Gasteiger charge is 2.21. The fraction of sp³-hybridized carbons (Fsp3) is 0. The van der Waals surface area contributed by atoms with Gasteiger partial charge in [0.05, 0.1) is 16.7 Å². The molecule has 0 atom stereocenters. The predicted molar refractivity (Wildman–Crippen MR) is 231 cm³/mol. The first kappa shape index (κ1) is 30.5. The van der Waals surface area contributed by atoms with Crippen molar-refractivity contribution in [2.45, 2.75) is 0 Å². The van der Waals surface area contributed by atoms with Crippen molar-refractivity contribution >= 4 is 82.0 Å².